The fourth-order valence-corrected chi connectivity index (χ4v) is 3.86. The van der Waals surface area contributed by atoms with Gasteiger partial charge in [0.05, 0.1) is 0 Å². The lowest BCUT2D eigenvalue weighted by Crippen LogP contribution is -2.56. The van der Waals surface area contributed by atoms with Crippen LogP contribution in [0.15, 0.2) is 54.5 Å². The highest BCUT2D eigenvalue weighted by molar-refractivity contribution is 5.93. The van der Waals surface area contributed by atoms with Gasteiger partial charge in [-0.05, 0) is 41.8 Å². The Labute approximate surface area is 180 Å². The van der Waals surface area contributed by atoms with E-state index in [-0.39, 0.29) is 37.3 Å². The molecule has 1 atom stereocenters. The Bertz CT molecular complexity index is 1140. The molecule has 1 fully saturated rings. The molecule has 1 N–H and O–H groups in total. The lowest BCUT2D eigenvalue weighted by atomic mass is 9.99. The van der Waals surface area contributed by atoms with Crippen molar-refractivity contribution in [1.29, 1.82) is 0 Å². The van der Waals surface area contributed by atoms with Gasteiger partial charge in [-0.15, -0.1) is 0 Å². The molecular weight excluding hydrogens is 427 g/mol. The Morgan fingerprint density at radius 1 is 1.06 bits per heavy atom. The SMILES string of the molecule is O=C1C(c2ccc(F)c(F)c2)N2C(=O)CCN(C(=O)O)C2=CN1CCc1cccc(F)c1. The quantitative estimate of drug-likeness (QED) is 0.784. The van der Waals surface area contributed by atoms with Gasteiger partial charge in [0, 0.05) is 25.7 Å². The molecular formula is C22H18F3N3O4. The summed E-state index contributed by atoms with van der Waals surface area (Å²) < 4.78 is 40.9. The van der Waals surface area contributed by atoms with Crippen LogP contribution < -0.4 is 0 Å². The van der Waals surface area contributed by atoms with E-state index in [1.54, 1.807) is 6.07 Å². The molecule has 0 bridgehead atoms. The van der Waals surface area contributed by atoms with E-state index < -0.39 is 41.4 Å². The van der Waals surface area contributed by atoms with Gasteiger partial charge < -0.3 is 10.0 Å². The number of hydrogen-bond donors (Lipinski definition) is 1. The van der Waals surface area contributed by atoms with Gasteiger partial charge in [0.2, 0.25) is 5.91 Å². The summed E-state index contributed by atoms with van der Waals surface area (Å²) in [4.78, 5) is 40.9. The predicted octanol–water partition coefficient (Wildman–Crippen LogP) is 3.24. The monoisotopic (exact) mass is 445 g/mol. The predicted molar refractivity (Wildman–Crippen MR) is 105 cm³/mol. The third-order valence-electron chi connectivity index (χ3n) is 5.41. The van der Waals surface area contributed by atoms with Crippen LogP contribution >= 0.6 is 0 Å². The van der Waals surface area contributed by atoms with Crippen LogP contribution in [-0.2, 0) is 16.0 Å². The highest BCUT2D eigenvalue weighted by Gasteiger charge is 2.45. The summed E-state index contributed by atoms with van der Waals surface area (Å²) in [5.74, 6) is -3.93. The van der Waals surface area contributed by atoms with E-state index in [2.05, 4.69) is 0 Å². The highest BCUT2D eigenvalue weighted by atomic mass is 19.2. The Morgan fingerprint density at radius 3 is 2.53 bits per heavy atom. The minimum atomic E-state index is -1.37. The maximum Gasteiger partial charge on any atom is 0.413 e. The number of amides is 3. The zero-order valence-electron chi connectivity index (χ0n) is 16.7. The van der Waals surface area contributed by atoms with Gasteiger partial charge in [0.25, 0.3) is 5.91 Å². The lowest BCUT2D eigenvalue weighted by Gasteiger charge is -2.45. The van der Waals surface area contributed by atoms with Gasteiger partial charge in [0.15, 0.2) is 11.6 Å². The van der Waals surface area contributed by atoms with Crippen LogP contribution in [0.4, 0.5) is 18.0 Å². The topological polar surface area (TPSA) is 81.2 Å². The number of halogens is 3. The maximum absolute atomic E-state index is 13.9. The number of nitrogens with zero attached hydrogens (tertiary/aromatic N) is 3. The molecule has 32 heavy (non-hydrogen) atoms. The number of rotatable bonds is 4. The van der Waals surface area contributed by atoms with Crippen molar-refractivity contribution >= 4 is 17.9 Å². The molecule has 0 saturated carbocycles. The Morgan fingerprint density at radius 2 is 1.84 bits per heavy atom. The Balaban J connectivity index is 1.74. The fourth-order valence-electron chi connectivity index (χ4n) is 3.86. The van der Waals surface area contributed by atoms with E-state index in [4.69, 9.17) is 0 Å². The summed E-state index contributed by atoms with van der Waals surface area (Å²) in [7, 11) is 0. The molecule has 0 spiro atoms. The van der Waals surface area contributed by atoms with Crippen molar-refractivity contribution in [2.75, 3.05) is 13.1 Å². The molecule has 4 rings (SSSR count). The Kier molecular flexibility index (Phi) is 5.60. The van der Waals surface area contributed by atoms with E-state index in [1.165, 1.54) is 35.4 Å². The first-order chi connectivity index (χ1) is 15.3. The van der Waals surface area contributed by atoms with Crippen molar-refractivity contribution in [1.82, 2.24) is 14.7 Å². The van der Waals surface area contributed by atoms with Crippen molar-refractivity contribution in [3.05, 3.63) is 83.1 Å². The van der Waals surface area contributed by atoms with Gasteiger partial charge in [-0.1, -0.05) is 18.2 Å². The minimum Gasteiger partial charge on any atom is -0.465 e. The van der Waals surface area contributed by atoms with Crippen LogP contribution in [0.3, 0.4) is 0 Å². The molecule has 2 aromatic carbocycles. The van der Waals surface area contributed by atoms with Crippen molar-refractivity contribution in [2.24, 2.45) is 0 Å². The average molecular weight is 445 g/mol. The van der Waals surface area contributed by atoms with Crippen molar-refractivity contribution < 1.29 is 32.7 Å². The van der Waals surface area contributed by atoms with Gasteiger partial charge in [-0.25, -0.2) is 18.0 Å². The molecule has 0 radical (unpaired) electrons. The summed E-state index contributed by atoms with van der Waals surface area (Å²) in [6, 6.07) is 7.28. The molecule has 2 heterocycles. The summed E-state index contributed by atoms with van der Waals surface area (Å²) >= 11 is 0. The van der Waals surface area contributed by atoms with Crippen LogP contribution in [0.2, 0.25) is 0 Å². The molecule has 0 aliphatic carbocycles. The van der Waals surface area contributed by atoms with E-state index in [0.717, 1.165) is 21.9 Å². The second kappa shape index (κ2) is 8.37. The number of carboxylic acid groups (broad SMARTS) is 1. The number of carbonyl (C=O) groups is 3. The van der Waals surface area contributed by atoms with E-state index in [0.29, 0.717) is 5.56 Å². The summed E-state index contributed by atoms with van der Waals surface area (Å²) in [6.45, 7) is -0.0472. The standard InChI is InChI=1S/C22H18F3N3O4/c23-15-3-1-2-13(10-15)6-8-26-12-18-27(22(31)32)9-7-19(29)28(18)20(21(26)30)14-4-5-16(24)17(25)11-14/h1-5,10-12,20H,6-9H2,(H,31,32). The normalized spacial score (nSPS) is 18.5. The highest BCUT2D eigenvalue weighted by Crippen LogP contribution is 2.36. The molecule has 2 aliphatic heterocycles. The van der Waals surface area contributed by atoms with E-state index >= 15 is 0 Å². The summed E-state index contributed by atoms with van der Waals surface area (Å²) in [6.07, 6.45) is 0.0137. The third-order valence-corrected chi connectivity index (χ3v) is 5.41. The largest absolute Gasteiger partial charge is 0.465 e. The fraction of sp³-hybridized carbons (Fsp3) is 0.227. The first-order valence-corrected chi connectivity index (χ1v) is 9.80. The number of benzene rings is 2. The third kappa shape index (κ3) is 3.91. The molecule has 7 nitrogen and oxygen atoms in total. The van der Waals surface area contributed by atoms with Crippen LogP contribution in [-0.4, -0.2) is 50.8 Å². The van der Waals surface area contributed by atoms with E-state index in [1.807, 2.05) is 0 Å². The van der Waals surface area contributed by atoms with Gasteiger partial charge in [-0.3, -0.25) is 19.4 Å². The molecule has 0 aromatic heterocycles. The van der Waals surface area contributed by atoms with Crippen LogP contribution in [0.25, 0.3) is 0 Å². The van der Waals surface area contributed by atoms with Gasteiger partial charge in [-0.2, -0.15) is 0 Å². The second-order valence-corrected chi connectivity index (χ2v) is 7.42. The summed E-state index contributed by atoms with van der Waals surface area (Å²) in [5, 5.41) is 9.58. The molecule has 3 amide bonds. The maximum atomic E-state index is 13.9. The molecule has 2 aliphatic rings. The van der Waals surface area contributed by atoms with Crippen molar-refractivity contribution in [3.8, 4) is 0 Å². The lowest BCUT2D eigenvalue weighted by molar-refractivity contribution is -0.148. The number of fused-ring (bicyclic) bond motifs is 1. The molecule has 1 saturated heterocycles. The van der Waals surface area contributed by atoms with Gasteiger partial charge >= 0.3 is 6.09 Å². The van der Waals surface area contributed by atoms with Crippen LogP contribution in [0.5, 0.6) is 0 Å². The number of carbonyl (C=O) groups excluding carboxylic acids is 2. The van der Waals surface area contributed by atoms with E-state index in [9.17, 15) is 32.7 Å². The smallest absolute Gasteiger partial charge is 0.413 e. The van der Waals surface area contributed by atoms with Crippen LogP contribution in [0, 0.1) is 17.5 Å². The summed E-state index contributed by atoms with van der Waals surface area (Å²) in [5.41, 5.74) is 0.619. The zero-order valence-corrected chi connectivity index (χ0v) is 16.7. The molecule has 2 aromatic rings. The molecule has 10 heteroatoms. The first kappa shape index (κ1) is 21.4. The first-order valence-electron chi connectivity index (χ1n) is 9.80. The molecule has 166 valence electrons. The second-order valence-electron chi connectivity index (χ2n) is 7.42. The zero-order chi connectivity index (χ0) is 23.0. The van der Waals surface area contributed by atoms with Crippen LogP contribution in [0.1, 0.15) is 23.6 Å². The van der Waals surface area contributed by atoms with Crippen molar-refractivity contribution in [3.63, 3.8) is 0 Å². The minimum absolute atomic E-state index is 0.0100. The molecule has 1 unspecified atom stereocenters. The Hall–Kier alpha value is -3.82. The van der Waals surface area contributed by atoms with Crippen molar-refractivity contribution in [2.45, 2.75) is 18.9 Å². The van der Waals surface area contributed by atoms with Gasteiger partial charge in [0.1, 0.15) is 17.7 Å². The average Bonchev–Trinajstić information content (AvgIpc) is 2.75. The number of hydrogen-bond acceptors (Lipinski definition) is 3.